The Morgan fingerprint density at radius 1 is 0.591 bits per heavy atom. The Labute approximate surface area is 270 Å². The summed E-state index contributed by atoms with van der Waals surface area (Å²) in [6.45, 7) is 0. The van der Waals surface area contributed by atoms with Crippen LogP contribution in [0, 0.1) is 0 Å². The van der Waals surface area contributed by atoms with Crippen LogP contribution in [-0.4, -0.2) is 90.5 Å². The molecule has 0 saturated carbocycles. The van der Waals surface area contributed by atoms with Crippen molar-refractivity contribution in [1.82, 2.24) is 30.4 Å². The number of nitrogens with one attached hydrogen (secondary N) is 2. The molecule has 0 atom stereocenters. The molecule has 44 heavy (non-hydrogen) atoms. The molecule has 262 valence electrons. The molecule has 0 unspecified atom stereocenters. The van der Waals surface area contributed by atoms with Crippen LogP contribution in [0.1, 0.15) is 0 Å². The maximum atomic E-state index is 8.52. The van der Waals surface area contributed by atoms with Crippen LogP contribution in [0.2, 0.25) is 0 Å². The molecule has 4 rings (SSSR count). The van der Waals surface area contributed by atoms with E-state index in [1.807, 2.05) is 36.4 Å². The van der Waals surface area contributed by atoms with Gasteiger partial charge in [0.15, 0.2) is 0 Å². The third-order valence-corrected chi connectivity index (χ3v) is 3.05. The maximum Gasteiger partial charge on any atom is 2.00 e. The fraction of sp³-hybridized carbons (Fsp3) is 0.125. The van der Waals surface area contributed by atoms with Crippen LogP contribution >= 0.6 is 0 Å². The van der Waals surface area contributed by atoms with Crippen molar-refractivity contribution in [3.8, 4) is 23.2 Å². The average molecular weight is 784 g/mol. The molecule has 0 saturated heterocycles. The molecular weight excluding hydrogens is 751 g/mol. The van der Waals surface area contributed by atoms with Crippen molar-refractivity contribution in [3.05, 3.63) is 48.8 Å². The summed E-state index contributed by atoms with van der Waals surface area (Å²) in [5, 5.41) is 20.6. The van der Waals surface area contributed by atoms with Gasteiger partial charge in [-0.1, -0.05) is 22.3 Å². The topological polar surface area (TPSA) is 483 Å². The van der Waals surface area contributed by atoms with Crippen LogP contribution in [0.4, 0.5) is 12.0 Å². The van der Waals surface area contributed by atoms with Gasteiger partial charge in [-0.05, 0) is 24.3 Å². The predicted molar refractivity (Wildman–Crippen MR) is 142 cm³/mol. The third kappa shape index (κ3) is 30.2. The van der Waals surface area contributed by atoms with Crippen LogP contribution in [0.25, 0.3) is 23.2 Å². The minimum atomic E-state index is -5.17. The fourth-order valence-corrected chi connectivity index (χ4v) is 1.83. The second kappa shape index (κ2) is 29.8. The number of pyridine rings is 2. The van der Waals surface area contributed by atoms with Crippen molar-refractivity contribution < 1.29 is 111 Å². The Morgan fingerprint density at radius 2 is 0.864 bits per heavy atom. The number of rotatable bonds is 4. The quantitative estimate of drug-likeness (QED) is 0.0842. The van der Waals surface area contributed by atoms with Crippen molar-refractivity contribution in [3.63, 3.8) is 0 Å². The van der Waals surface area contributed by atoms with Crippen LogP contribution < -0.4 is 10.6 Å². The molecule has 2 radical (unpaired) electrons. The van der Waals surface area contributed by atoms with E-state index in [0.29, 0.717) is 35.2 Å². The molecule has 0 aliphatic rings. The summed E-state index contributed by atoms with van der Waals surface area (Å²) in [6, 6.07) is 11.8. The predicted octanol–water partition coefficient (Wildman–Crippen LogP) is -5.67. The molecule has 0 bridgehead atoms. The molecule has 24 nitrogen and oxygen atoms in total. The largest absolute Gasteiger partial charge is 2.00 e. The van der Waals surface area contributed by atoms with Gasteiger partial charge in [-0.2, -0.15) is 0 Å². The van der Waals surface area contributed by atoms with Gasteiger partial charge in [0.25, 0.3) is 11.8 Å². The number of aromatic nitrogens is 6. The number of anilines is 2. The molecule has 0 aliphatic heterocycles. The summed E-state index contributed by atoms with van der Waals surface area (Å²) in [5.74, 6) is 0.843. The number of hydrogen-bond donors (Lipinski definition) is 2. The Balaban J connectivity index is -0.0000000665. The van der Waals surface area contributed by atoms with Gasteiger partial charge in [0, 0.05) is 47.3 Å². The third-order valence-electron chi connectivity index (χ3n) is 3.05. The number of hydrogen-bond acceptors (Lipinski definition) is 18. The van der Waals surface area contributed by atoms with E-state index in [0.717, 1.165) is 0 Å². The number of nitrogens with zero attached hydrogens (tertiary/aromatic N) is 6. The molecule has 0 aliphatic carbocycles. The van der Waals surface area contributed by atoms with Crippen molar-refractivity contribution in [2.45, 2.75) is 0 Å². The van der Waals surface area contributed by atoms with E-state index in [1.165, 1.54) is 0 Å². The molecule has 28 heteroatoms. The van der Waals surface area contributed by atoms with Crippen molar-refractivity contribution >= 4 is 32.8 Å². The SMILES string of the molecule is CNc1nnc(-c2ccccn2)o1.CNc1nnc(-c2ccccn2)o1.O.O.O=S(=O)([O-])[O-].O=S(=O)([O-])[O-].[Cu+2].[Cu+2].[OH3+].[OH3+].[OH3+].[OH3+]. The van der Waals surface area contributed by atoms with E-state index in [4.69, 9.17) is 43.9 Å². The minimum Gasteiger partial charge on any atom is -0.759 e. The summed E-state index contributed by atoms with van der Waals surface area (Å²) in [6.07, 6.45) is 3.36. The molecule has 0 spiro atoms. The first-order valence-electron chi connectivity index (χ1n) is 8.99. The van der Waals surface area contributed by atoms with E-state index < -0.39 is 20.8 Å². The first-order valence-corrected chi connectivity index (χ1v) is 11.7. The van der Waals surface area contributed by atoms with Gasteiger partial charge in [0.1, 0.15) is 11.4 Å². The van der Waals surface area contributed by atoms with Gasteiger partial charge in [-0.15, -0.1) is 10.2 Å². The molecular formula is C16H32Cu2N8O16S2+4. The average Bonchev–Trinajstić information content (AvgIpc) is 3.48. The van der Waals surface area contributed by atoms with Crippen molar-refractivity contribution in [1.29, 1.82) is 0 Å². The van der Waals surface area contributed by atoms with Crippen LogP contribution in [-0.2, 0) is 76.8 Å². The normalized spacial score (nSPS) is 8.50. The Hall–Kier alpha value is -3.28. The van der Waals surface area contributed by atoms with Crippen LogP contribution in [0.15, 0.2) is 57.6 Å². The zero-order valence-corrected chi connectivity index (χ0v) is 25.6. The molecule has 0 fully saturated rings. The molecule has 0 amide bonds. The summed E-state index contributed by atoms with van der Waals surface area (Å²) in [5.41, 5.74) is 1.35. The molecule has 4 heterocycles. The van der Waals surface area contributed by atoms with E-state index in [9.17, 15) is 0 Å². The zero-order chi connectivity index (χ0) is 27.2. The minimum absolute atomic E-state index is 0. The second-order valence-corrected chi connectivity index (χ2v) is 7.20. The molecule has 4 aromatic heterocycles. The zero-order valence-electron chi connectivity index (χ0n) is 22.1. The smallest absolute Gasteiger partial charge is 0.759 e. The van der Waals surface area contributed by atoms with E-state index >= 15 is 0 Å². The van der Waals surface area contributed by atoms with Gasteiger partial charge in [-0.3, -0.25) is 26.8 Å². The summed E-state index contributed by atoms with van der Waals surface area (Å²) >= 11 is 0. The van der Waals surface area contributed by atoms with Crippen molar-refractivity contribution in [2.24, 2.45) is 0 Å². The van der Waals surface area contributed by atoms with Gasteiger partial charge in [-0.25, -0.2) is 0 Å². The molecule has 0 aromatic carbocycles. The Bertz CT molecular complexity index is 1280. The van der Waals surface area contributed by atoms with Crippen LogP contribution in [0.3, 0.4) is 0 Å². The van der Waals surface area contributed by atoms with Crippen LogP contribution in [0.5, 0.6) is 0 Å². The maximum absolute atomic E-state index is 8.52. The summed E-state index contributed by atoms with van der Waals surface area (Å²) in [7, 11) is -6.90. The van der Waals surface area contributed by atoms with Gasteiger partial charge in [0.2, 0.25) is 0 Å². The fourth-order valence-electron chi connectivity index (χ4n) is 1.83. The van der Waals surface area contributed by atoms with E-state index in [-0.39, 0.29) is 67.0 Å². The Morgan fingerprint density at radius 3 is 1.05 bits per heavy atom. The van der Waals surface area contributed by atoms with E-state index in [1.54, 1.807) is 26.5 Å². The summed E-state index contributed by atoms with van der Waals surface area (Å²) in [4.78, 5) is 8.15. The van der Waals surface area contributed by atoms with Crippen molar-refractivity contribution in [2.75, 3.05) is 24.7 Å². The van der Waals surface area contributed by atoms with Gasteiger partial charge in [0.05, 0.1) is 0 Å². The molecule has 4 aromatic rings. The van der Waals surface area contributed by atoms with Gasteiger partial charge >= 0.3 is 46.2 Å². The summed E-state index contributed by atoms with van der Waals surface area (Å²) < 4.78 is 78.6. The monoisotopic (exact) mass is 782 g/mol. The van der Waals surface area contributed by atoms with E-state index in [2.05, 4.69) is 41.0 Å². The first-order chi connectivity index (χ1) is 16.8. The molecule has 18 N–H and O–H groups in total. The van der Waals surface area contributed by atoms with Gasteiger partial charge < -0.3 is 70.5 Å². The standard InChI is InChI=1S/2C8H8N4O.2Cu.2H2O4S.6H2O/c2*1-9-8-12-11-7(13-8)6-4-2-3-5-10-6;;;2*1-5(2,3)4;;;;;;/h2*2-5H,1H3,(H,9,12);;;2*(H2,1,2,3,4);6*1H2/q;;2*+2;;;;;;;;. The second-order valence-electron chi connectivity index (χ2n) is 5.57. The first kappa shape index (κ1) is 60.0. The Kier molecular flexibility index (Phi) is 40.6.